The van der Waals surface area contributed by atoms with E-state index in [1.54, 1.807) is 13.2 Å². The lowest BCUT2D eigenvalue weighted by Crippen LogP contribution is -2.33. The number of ether oxygens (including phenoxy) is 1. The van der Waals surface area contributed by atoms with E-state index in [2.05, 4.69) is 0 Å². The van der Waals surface area contributed by atoms with Gasteiger partial charge >= 0.3 is 0 Å². The zero-order valence-electron chi connectivity index (χ0n) is 10.2. The predicted molar refractivity (Wildman–Crippen MR) is 74.2 cm³/mol. The van der Waals surface area contributed by atoms with Crippen molar-refractivity contribution in [2.24, 2.45) is 5.41 Å². The third-order valence-electron chi connectivity index (χ3n) is 4.49. The Morgan fingerprint density at radius 1 is 1.22 bits per heavy atom. The molecule has 2 aliphatic carbocycles. The second kappa shape index (κ2) is 4.05. The maximum absolute atomic E-state index is 14.8. The largest absolute Gasteiger partial charge is 0.496 e. The predicted octanol–water partition coefficient (Wildman–Crippen LogP) is 4.51. The van der Waals surface area contributed by atoms with E-state index in [9.17, 15) is 8.78 Å². The smallest absolute Gasteiger partial charge is 0.280 e. The maximum Gasteiger partial charge on any atom is 0.280 e. The Balaban J connectivity index is 2.20. The van der Waals surface area contributed by atoms with Gasteiger partial charge in [-0.3, -0.25) is 0 Å². The molecule has 98 valence electrons. The SMILES string of the molecule is COc1ccc(I)c2c1CC1(CCCC1)C2(F)F. The highest BCUT2D eigenvalue weighted by Gasteiger charge is 2.62. The first-order valence-electron chi connectivity index (χ1n) is 6.25. The Bertz CT molecular complexity index is 493. The Kier molecular flexibility index (Phi) is 2.84. The number of hydrogen-bond donors (Lipinski definition) is 0. The standard InChI is InChI=1S/C14H15F2IO/c1-18-11-5-4-10(17)12-9(11)8-13(14(12,15)16)6-2-3-7-13/h4-5H,2-3,6-8H2,1H3. The molecule has 0 saturated heterocycles. The van der Waals surface area contributed by atoms with Gasteiger partial charge in [-0.1, -0.05) is 12.8 Å². The number of benzene rings is 1. The van der Waals surface area contributed by atoms with Crippen LogP contribution >= 0.6 is 22.6 Å². The van der Waals surface area contributed by atoms with Crippen molar-refractivity contribution in [2.75, 3.05) is 7.11 Å². The van der Waals surface area contributed by atoms with Crippen molar-refractivity contribution in [3.63, 3.8) is 0 Å². The molecule has 0 aromatic heterocycles. The molecule has 0 atom stereocenters. The number of halogens is 3. The first kappa shape index (κ1) is 12.6. The molecule has 3 rings (SSSR count). The van der Waals surface area contributed by atoms with Crippen LogP contribution in [0.2, 0.25) is 0 Å². The highest BCUT2D eigenvalue weighted by Crippen LogP contribution is 2.63. The summed E-state index contributed by atoms with van der Waals surface area (Å²) < 4.78 is 35.6. The maximum atomic E-state index is 14.8. The molecular weight excluding hydrogens is 349 g/mol. The molecule has 1 spiro atoms. The van der Waals surface area contributed by atoms with E-state index in [4.69, 9.17) is 4.74 Å². The van der Waals surface area contributed by atoms with Crippen LogP contribution in [0.25, 0.3) is 0 Å². The van der Waals surface area contributed by atoms with Gasteiger partial charge in [-0.2, -0.15) is 0 Å². The molecule has 0 radical (unpaired) electrons. The topological polar surface area (TPSA) is 9.23 Å². The van der Waals surface area contributed by atoms with Crippen LogP contribution in [0, 0.1) is 8.99 Å². The lowest BCUT2D eigenvalue weighted by molar-refractivity contribution is -0.115. The fourth-order valence-corrected chi connectivity index (χ4v) is 4.41. The third-order valence-corrected chi connectivity index (χ3v) is 5.39. The van der Waals surface area contributed by atoms with Gasteiger partial charge in [0.25, 0.3) is 5.92 Å². The minimum absolute atomic E-state index is 0.226. The minimum atomic E-state index is -2.70. The van der Waals surface area contributed by atoms with Crippen LogP contribution in [0.5, 0.6) is 5.75 Å². The van der Waals surface area contributed by atoms with Crippen LogP contribution in [0.1, 0.15) is 36.8 Å². The first-order chi connectivity index (χ1) is 8.52. The van der Waals surface area contributed by atoms with E-state index in [0.717, 1.165) is 18.4 Å². The van der Waals surface area contributed by atoms with E-state index in [-0.39, 0.29) is 5.56 Å². The molecule has 0 heterocycles. The van der Waals surface area contributed by atoms with Crippen LogP contribution in [0.15, 0.2) is 12.1 Å². The van der Waals surface area contributed by atoms with Gasteiger partial charge in [-0.05, 0) is 54.0 Å². The summed E-state index contributed by atoms with van der Waals surface area (Å²) in [6.45, 7) is 0. The van der Waals surface area contributed by atoms with Crippen LogP contribution in [-0.2, 0) is 12.3 Å². The summed E-state index contributed by atoms with van der Waals surface area (Å²) in [4.78, 5) is 0. The summed E-state index contributed by atoms with van der Waals surface area (Å²) in [5, 5.41) is 0. The van der Waals surface area contributed by atoms with E-state index < -0.39 is 11.3 Å². The van der Waals surface area contributed by atoms with Crippen molar-refractivity contribution in [1.29, 1.82) is 0 Å². The van der Waals surface area contributed by atoms with Crippen LogP contribution in [-0.4, -0.2) is 7.11 Å². The molecule has 0 bridgehead atoms. The average molecular weight is 364 g/mol. The highest BCUT2D eigenvalue weighted by molar-refractivity contribution is 14.1. The molecule has 0 aliphatic heterocycles. The third kappa shape index (κ3) is 1.47. The van der Waals surface area contributed by atoms with Gasteiger partial charge in [-0.15, -0.1) is 0 Å². The summed E-state index contributed by atoms with van der Waals surface area (Å²) in [7, 11) is 1.56. The van der Waals surface area contributed by atoms with Gasteiger partial charge in [0.15, 0.2) is 0 Å². The fourth-order valence-electron chi connectivity index (χ4n) is 3.56. The highest BCUT2D eigenvalue weighted by atomic mass is 127. The number of rotatable bonds is 1. The van der Waals surface area contributed by atoms with Crippen molar-refractivity contribution < 1.29 is 13.5 Å². The van der Waals surface area contributed by atoms with Crippen LogP contribution in [0.3, 0.4) is 0 Å². The Morgan fingerprint density at radius 2 is 1.89 bits per heavy atom. The van der Waals surface area contributed by atoms with Gasteiger partial charge in [0.05, 0.1) is 7.11 Å². The quantitative estimate of drug-likeness (QED) is 0.667. The summed E-state index contributed by atoms with van der Waals surface area (Å²) in [6.07, 6.45) is 3.57. The lowest BCUT2D eigenvalue weighted by Gasteiger charge is -2.31. The van der Waals surface area contributed by atoms with Gasteiger partial charge in [0, 0.05) is 20.1 Å². The number of hydrogen-bond acceptors (Lipinski definition) is 1. The van der Waals surface area contributed by atoms with E-state index >= 15 is 0 Å². The molecule has 1 aromatic carbocycles. The molecule has 4 heteroatoms. The second-order valence-electron chi connectivity index (χ2n) is 5.34. The van der Waals surface area contributed by atoms with Gasteiger partial charge in [-0.25, -0.2) is 8.78 Å². The van der Waals surface area contributed by atoms with E-state index in [0.29, 0.717) is 28.6 Å². The Morgan fingerprint density at radius 3 is 2.50 bits per heavy atom. The second-order valence-corrected chi connectivity index (χ2v) is 6.50. The summed E-state index contributed by atoms with van der Waals surface area (Å²) in [6, 6.07) is 3.55. The molecule has 1 nitrogen and oxygen atoms in total. The summed E-state index contributed by atoms with van der Waals surface area (Å²) in [5.74, 6) is -2.09. The molecule has 1 aromatic rings. The molecule has 2 aliphatic rings. The summed E-state index contributed by atoms with van der Waals surface area (Å²) in [5.41, 5.74) is 0.116. The van der Waals surface area contributed by atoms with Crippen LogP contribution in [0.4, 0.5) is 8.78 Å². The van der Waals surface area contributed by atoms with Gasteiger partial charge in [0.2, 0.25) is 0 Å². The molecule has 18 heavy (non-hydrogen) atoms. The fraction of sp³-hybridized carbons (Fsp3) is 0.571. The summed E-state index contributed by atoms with van der Waals surface area (Å²) >= 11 is 2.02. The van der Waals surface area contributed by atoms with Crippen molar-refractivity contribution in [2.45, 2.75) is 38.0 Å². The van der Waals surface area contributed by atoms with Crippen molar-refractivity contribution in [3.05, 3.63) is 26.8 Å². The molecule has 0 amide bonds. The van der Waals surface area contributed by atoms with Crippen molar-refractivity contribution in [1.82, 2.24) is 0 Å². The normalized spacial score (nSPS) is 23.3. The Hall–Kier alpha value is -0.390. The molecular formula is C14H15F2IO. The van der Waals surface area contributed by atoms with E-state index in [1.807, 2.05) is 28.7 Å². The number of alkyl halides is 2. The number of methoxy groups -OCH3 is 1. The monoisotopic (exact) mass is 364 g/mol. The minimum Gasteiger partial charge on any atom is -0.496 e. The van der Waals surface area contributed by atoms with Crippen LogP contribution < -0.4 is 4.74 Å². The zero-order valence-corrected chi connectivity index (χ0v) is 12.4. The van der Waals surface area contributed by atoms with Crippen molar-refractivity contribution in [3.8, 4) is 5.75 Å². The molecule has 0 unspecified atom stereocenters. The number of fused-ring (bicyclic) bond motifs is 1. The average Bonchev–Trinajstić information content (AvgIpc) is 2.87. The molecule has 1 saturated carbocycles. The lowest BCUT2D eigenvalue weighted by atomic mass is 9.80. The Labute approximate surface area is 119 Å². The van der Waals surface area contributed by atoms with Crippen molar-refractivity contribution >= 4 is 22.6 Å². The molecule has 1 fully saturated rings. The first-order valence-corrected chi connectivity index (χ1v) is 7.33. The van der Waals surface area contributed by atoms with E-state index in [1.165, 1.54) is 0 Å². The molecule has 0 N–H and O–H groups in total. The van der Waals surface area contributed by atoms with Gasteiger partial charge in [0.1, 0.15) is 5.75 Å². The van der Waals surface area contributed by atoms with Gasteiger partial charge < -0.3 is 4.74 Å². The zero-order chi connectivity index (χ0) is 13.0.